The molecule has 0 aromatic carbocycles. The second kappa shape index (κ2) is 9.55. The second-order valence-corrected chi connectivity index (χ2v) is 3.95. The molecule has 0 aromatic heterocycles. The highest BCUT2D eigenvalue weighted by Crippen LogP contribution is 1.97. The number of primary amides is 1. The molecule has 0 radical (unpaired) electrons. The number of aliphatic imine (C=N–C) groups is 1. The molecular weight excluding hydrogens is 266 g/mol. The molecule has 0 aromatic rings. The standard InChI is InChI=1S/C10H21N7O3/c11-4-7(18)16-5-8(19)17-6(9(12)20)2-1-3-15-10(13)14/h6H,1-5,11H2,(H2,12,20)(H,16,18)(H,17,19)(H4,13,14,15)/t6-/m1/s1. The largest absolute Gasteiger partial charge is 0.370 e. The Bertz CT molecular complexity index is 379. The van der Waals surface area contributed by atoms with Crippen molar-refractivity contribution in [2.45, 2.75) is 18.9 Å². The van der Waals surface area contributed by atoms with Gasteiger partial charge in [-0.15, -0.1) is 0 Å². The molecule has 10 N–H and O–H groups in total. The van der Waals surface area contributed by atoms with E-state index in [0.29, 0.717) is 19.4 Å². The van der Waals surface area contributed by atoms with Gasteiger partial charge in [-0.25, -0.2) is 0 Å². The van der Waals surface area contributed by atoms with E-state index in [9.17, 15) is 14.4 Å². The van der Waals surface area contributed by atoms with Crippen molar-refractivity contribution < 1.29 is 14.4 Å². The van der Waals surface area contributed by atoms with E-state index >= 15 is 0 Å². The van der Waals surface area contributed by atoms with E-state index in [1.54, 1.807) is 0 Å². The van der Waals surface area contributed by atoms with Crippen LogP contribution in [0.15, 0.2) is 4.99 Å². The molecule has 114 valence electrons. The number of hydrogen-bond acceptors (Lipinski definition) is 5. The van der Waals surface area contributed by atoms with Crippen molar-refractivity contribution in [3.63, 3.8) is 0 Å². The zero-order chi connectivity index (χ0) is 15.5. The number of nitrogens with zero attached hydrogens (tertiary/aromatic N) is 1. The van der Waals surface area contributed by atoms with Crippen LogP contribution in [0.3, 0.4) is 0 Å². The van der Waals surface area contributed by atoms with E-state index in [1.165, 1.54) is 0 Å². The molecule has 10 nitrogen and oxygen atoms in total. The van der Waals surface area contributed by atoms with Crippen molar-refractivity contribution >= 4 is 23.7 Å². The first-order chi connectivity index (χ1) is 9.36. The Kier molecular flexibility index (Phi) is 8.43. The van der Waals surface area contributed by atoms with E-state index in [1.807, 2.05) is 0 Å². The molecule has 0 aliphatic heterocycles. The minimum absolute atomic E-state index is 0.0471. The van der Waals surface area contributed by atoms with Crippen LogP contribution in [0.25, 0.3) is 0 Å². The average molecular weight is 287 g/mol. The van der Waals surface area contributed by atoms with Crippen LogP contribution in [0.4, 0.5) is 0 Å². The molecule has 10 heteroatoms. The van der Waals surface area contributed by atoms with Crippen molar-refractivity contribution in [2.75, 3.05) is 19.6 Å². The van der Waals surface area contributed by atoms with Crippen LogP contribution in [0.2, 0.25) is 0 Å². The van der Waals surface area contributed by atoms with E-state index in [4.69, 9.17) is 22.9 Å². The number of carbonyl (C=O) groups excluding carboxylic acids is 3. The first kappa shape index (κ1) is 17.6. The van der Waals surface area contributed by atoms with Crippen molar-refractivity contribution in [1.82, 2.24) is 10.6 Å². The van der Waals surface area contributed by atoms with E-state index in [2.05, 4.69) is 15.6 Å². The molecule has 0 unspecified atom stereocenters. The van der Waals surface area contributed by atoms with Gasteiger partial charge in [-0.1, -0.05) is 0 Å². The SMILES string of the molecule is NCC(=O)NCC(=O)N[C@H](CCCN=C(N)N)C(N)=O. The number of amides is 3. The number of nitrogens with two attached hydrogens (primary N) is 4. The zero-order valence-electron chi connectivity index (χ0n) is 11.1. The molecule has 0 saturated heterocycles. The summed E-state index contributed by atoms with van der Waals surface area (Å²) in [4.78, 5) is 37.3. The van der Waals surface area contributed by atoms with E-state index in [-0.39, 0.29) is 19.0 Å². The summed E-state index contributed by atoms with van der Waals surface area (Å²) >= 11 is 0. The fourth-order valence-corrected chi connectivity index (χ4v) is 1.29. The summed E-state index contributed by atoms with van der Waals surface area (Å²) in [6.07, 6.45) is 0.767. The summed E-state index contributed by atoms with van der Waals surface area (Å²) in [5.41, 5.74) is 20.5. The summed E-state index contributed by atoms with van der Waals surface area (Å²) in [7, 11) is 0. The Labute approximate surface area is 116 Å². The minimum Gasteiger partial charge on any atom is -0.370 e. The molecule has 0 bridgehead atoms. The van der Waals surface area contributed by atoms with Gasteiger partial charge in [-0.05, 0) is 12.8 Å². The van der Waals surface area contributed by atoms with Crippen molar-refractivity contribution in [1.29, 1.82) is 0 Å². The van der Waals surface area contributed by atoms with Crippen LogP contribution in [0.5, 0.6) is 0 Å². The van der Waals surface area contributed by atoms with Gasteiger partial charge in [-0.2, -0.15) is 0 Å². The van der Waals surface area contributed by atoms with Crippen molar-refractivity contribution in [3.05, 3.63) is 0 Å². The molecule has 0 heterocycles. The molecule has 0 saturated carbocycles. The lowest BCUT2D eigenvalue weighted by atomic mass is 10.1. The minimum atomic E-state index is -0.841. The Morgan fingerprint density at radius 3 is 2.25 bits per heavy atom. The first-order valence-electron chi connectivity index (χ1n) is 5.97. The molecule has 0 rings (SSSR count). The Morgan fingerprint density at radius 2 is 1.75 bits per heavy atom. The lowest BCUT2D eigenvalue weighted by Crippen LogP contribution is -2.48. The third-order valence-corrected chi connectivity index (χ3v) is 2.26. The lowest BCUT2D eigenvalue weighted by Gasteiger charge is -2.15. The van der Waals surface area contributed by atoms with Crippen molar-refractivity contribution in [2.24, 2.45) is 27.9 Å². The Morgan fingerprint density at radius 1 is 1.10 bits per heavy atom. The first-order valence-corrected chi connectivity index (χ1v) is 5.97. The van der Waals surface area contributed by atoms with Gasteiger partial charge in [-0.3, -0.25) is 19.4 Å². The molecule has 0 aliphatic rings. The fraction of sp³-hybridized carbons (Fsp3) is 0.600. The van der Waals surface area contributed by atoms with Gasteiger partial charge < -0.3 is 33.6 Å². The van der Waals surface area contributed by atoms with Crippen LogP contribution in [0.1, 0.15) is 12.8 Å². The molecule has 1 atom stereocenters. The Balaban J connectivity index is 4.13. The van der Waals surface area contributed by atoms with Gasteiger partial charge in [0.1, 0.15) is 6.04 Å². The van der Waals surface area contributed by atoms with Crippen LogP contribution in [-0.2, 0) is 14.4 Å². The lowest BCUT2D eigenvalue weighted by molar-refractivity contribution is -0.128. The van der Waals surface area contributed by atoms with Crippen LogP contribution >= 0.6 is 0 Å². The smallest absolute Gasteiger partial charge is 0.240 e. The summed E-state index contributed by atoms with van der Waals surface area (Å²) < 4.78 is 0. The maximum atomic E-state index is 11.5. The van der Waals surface area contributed by atoms with Gasteiger partial charge in [0.05, 0.1) is 13.1 Å². The topological polar surface area (TPSA) is 192 Å². The molecule has 20 heavy (non-hydrogen) atoms. The van der Waals surface area contributed by atoms with E-state index < -0.39 is 23.8 Å². The van der Waals surface area contributed by atoms with Crippen molar-refractivity contribution in [3.8, 4) is 0 Å². The monoisotopic (exact) mass is 287 g/mol. The summed E-state index contributed by atoms with van der Waals surface area (Å²) in [6.45, 7) is -0.162. The van der Waals surface area contributed by atoms with Crippen LogP contribution in [0, 0.1) is 0 Å². The molecule has 0 fully saturated rings. The third-order valence-electron chi connectivity index (χ3n) is 2.26. The zero-order valence-corrected chi connectivity index (χ0v) is 11.1. The highest BCUT2D eigenvalue weighted by Gasteiger charge is 2.17. The number of rotatable bonds is 9. The quantitative estimate of drug-likeness (QED) is 0.142. The fourth-order valence-electron chi connectivity index (χ4n) is 1.29. The maximum Gasteiger partial charge on any atom is 0.240 e. The van der Waals surface area contributed by atoms with Gasteiger partial charge >= 0.3 is 0 Å². The predicted molar refractivity (Wildman–Crippen MR) is 73.1 cm³/mol. The maximum absolute atomic E-state index is 11.5. The van der Waals surface area contributed by atoms with Gasteiger partial charge in [0.15, 0.2) is 5.96 Å². The van der Waals surface area contributed by atoms with Gasteiger partial charge in [0, 0.05) is 6.54 Å². The summed E-state index contributed by atoms with van der Waals surface area (Å²) in [5.74, 6) is -1.72. The number of nitrogens with one attached hydrogen (secondary N) is 2. The second-order valence-electron chi connectivity index (χ2n) is 3.95. The van der Waals surface area contributed by atoms with Crippen LogP contribution < -0.4 is 33.6 Å². The molecule has 3 amide bonds. The number of carbonyl (C=O) groups is 3. The number of guanidine groups is 1. The summed E-state index contributed by atoms with van der Waals surface area (Å²) in [6, 6.07) is -0.841. The van der Waals surface area contributed by atoms with Gasteiger partial charge in [0.2, 0.25) is 17.7 Å². The summed E-state index contributed by atoms with van der Waals surface area (Å²) in [5, 5.41) is 4.68. The number of hydrogen-bond donors (Lipinski definition) is 6. The highest BCUT2D eigenvalue weighted by molar-refractivity contribution is 5.89. The third kappa shape index (κ3) is 8.69. The Hall–Kier alpha value is -2.36. The predicted octanol–water partition coefficient (Wildman–Crippen LogP) is -3.91. The molecule has 0 aliphatic carbocycles. The van der Waals surface area contributed by atoms with E-state index in [0.717, 1.165) is 0 Å². The van der Waals surface area contributed by atoms with Gasteiger partial charge in [0.25, 0.3) is 0 Å². The highest BCUT2D eigenvalue weighted by atomic mass is 16.2. The van der Waals surface area contributed by atoms with Crippen LogP contribution in [-0.4, -0.2) is 49.4 Å². The molecule has 0 spiro atoms. The normalized spacial score (nSPS) is 11.2. The average Bonchev–Trinajstić information content (AvgIpc) is 2.38. The molecular formula is C10H21N7O3.